The van der Waals surface area contributed by atoms with Crippen molar-refractivity contribution in [3.05, 3.63) is 41.6 Å². The van der Waals surface area contributed by atoms with Crippen LogP contribution in [0.4, 0.5) is 17.1 Å². The quantitative estimate of drug-likeness (QED) is 0.795. The smallest absolute Gasteiger partial charge is 0.234 e. The Morgan fingerprint density at radius 1 is 1.13 bits per heavy atom. The first-order valence-corrected chi connectivity index (χ1v) is 7.52. The van der Waals surface area contributed by atoms with Crippen LogP contribution < -0.4 is 20.7 Å². The van der Waals surface area contributed by atoms with Crippen LogP contribution in [0.25, 0.3) is 0 Å². The number of nitrogens with one attached hydrogen (secondary N) is 3. The van der Waals surface area contributed by atoms with E-state index in [0.717, 1.165) is 28.2 Å². The third kappa shape index (κ3) is 2.02. The number of anilines is 3. The molecule has 0 fully saturated rings. The summed E-state index contributed by atoms with van der Waals surface area (Å²) >= 11 is 0. The second-order valence-corrected chi connectivity index (χ2v) is 6.38. The molecule has 4 rings (SSSR count). The standard InChI is InChI=1S/C17H18N4O2/c1-17(2)10-7-12-13(8-11(10)21-16(17)22)20-15(19-12)9-4-5-18-14(6-9)23-3/h4-8,15,19-20H,1-3H3,(H,21,22). The molecule has 0 bridgehead atoms. The van der Waals surface area contributed by atoms with Gasteiger partial charge in [0.15, 0.2) is 0 Å². The second-order valence-electron chi connectivity index (χ2n) is 6.38. The minimum absolute atomic E-state index is 0.0339. The van der Waals surface area contributed by atoms with Crippen LogP contribution in [0, 0.1) is 0 Å². The predicted molar refractivity (Wildman–Crippen MR) is 88.9 cm³/mol. The van der Waals surface area contributed by atoms with Gasteiger partial charge in [0.05, 0.1) is 23.9 Å². The molecule has 6 nitrogen and oxygen atoms in total. The van der Waals surface area contributed by atoms with Gasteiger partial charge in [0.1, 0.15) is 6.17 Å². The minimum atomic E-state index is -0.510. The Bertz CT molecular complexity index is 816. The summed E-state index contributed by atoms with van der Waals surface area (Å²) in [7, 11) is 1.60. The van der Waals surface area contributed by atoms with E-state index in [1.54, 1.807) is 13.3 Å². The fraction of sp³-hybridized carbons (Fsp3) is 0.294. The molecule has 6 heteroatoms. The molecule has 2 aliphatic heterocycles. The zero-order valence-electron chi connectivity index (χ0n) is 13.2. The van der Waals surface area contributed by atoms with E-state index in [1.807, 2.05) is 38.1 Å². The lowest BCUT2D eigenvalue weighted by Crippen LogP contribution is -2.26. The van der Waals surface area contributed by atoms with E-state index in [2.05, 4.69) is 20.9 Å². The van der Waals surface area contributed by atoms with Gasteiger partial charge in [-0.05, 0) is 37.6 Å². The summed E-state index contributed by atoms with van der Waals surface area (Å²) in [6.07, 6.45) is 1.67. The van der Waals surface area contributed by atoms with Crippen molar-refractivity contribution in [1.82, 2.24) is 4.98 Å². The highest BCUT2D eigenvalue weighted by atomic mass is 16.5. The molecule has 0 radical (unpaired) electrons. The van der Waals surface area contributed by atoms with Crippen LogP contribution in [0.15, 0.2) is 30.5 Å². The van der Waals surface area contributed by atoms with Gasteiger partial charge < -0.3 is 20.7 Å². The molecule has 2 aromatic rings. The maximum atomic E-state index is 12.1. The molecule has 3 heterocycles. The van der Waals surface area contributed by atoms with E-state index < -0.39 is 5.41 Å². The maximum absolute atomic E-state index is 12.1. The van der Waals surface area contributed by atoms with Crippen molar-refractivity contribution in [1.29, 1.82) is 0 Å². The summed E-state index contributed by atoms with van der Waals surface area (Å²) in [6, 6.07) is 7.88. The van der Waals surface area contributed by atoms with Crippen LogP contribution in [0.2, 0.25) is 0 Å². The van der Waals surface area contributed by atoms with Crippen molar-refractivity contribution in [3.63, 3.8) is 0 Å². The fourth-order valence-electron chi connectivity index (χ4n) is 3.09. The van der Waals surface area contributed by atoms with Crippen LogP contribution >= 0.6 is 0 Å². The summed E-state index contributed by atoms with van der Waals surface area (Å²) in [5, 5.41) is 9.83. The maximum Gasteiger partial charge on any atom is 0.234 e. The molecule has 23 heavy (non-hydrogen) atoms. The van der Waals surface area contributed by atoms with Crippen molar-refractivity contribution in [3.8, 4) is 5.88 Å². The van der Waals surface area contributed by atoms with Gasteiger partial charge in [0.2, 0.25) is 11.8 Å². The van der Waals surface area contributed by atoms with E-state index in [0.29, 0.717) is 5.88 Å². The number of ether oxygens (including phenoxy) is 1. The molecule has 1 atom stereocenters. The van der Waals surface area contributed by atoms with Crippen LogP contribution in [0.3, 0.4) is 0 Å². The Kier molecular flexibility index (Phi) is 2.78. The van der Waals surface area contributed by atoms with Crippen molar-refractivity contribution in [2.24, 2.45) is 0 Å². The monoisotopic (exact) mass is 310 g/mol. The molecule has 1 unspecified atom stereocenters. The SMILES string of the molecule is COc1cc(C2Nc3cc4c(cc3N2)C(C)(C)C(=O)N4)ccn1. The Morgan fingerprint density at radius 2 is 1.87 bits per heavy atom. The Morgan fingerprint density at radius 3 is 2.61 bits per heavy atom. The molecule has 1 aromatic carbocycles. The summed E-state index contributed by atoms with van der Waals surface area (Å²) in [5.41, 5.74) is 4.39. The molecule has 0 saturated carbocycles. The van der Waals surface area contributed by atoms with Crippen molar-refractivity contribution < 1.29 is 9.53 Å². The average molecular weight is 310 g/mol. The normalized spacial score (nSPS) is 20.1. The van der Waals surface area contributed by atoms with Gasteiger partial charge >= 0.3 is 0 Å². The highest BCUT2D eigenvalue weighted by Crippen LogP contribution is 2.45. The van der Waals surface area contributed by atoms with Gasteiger partial charge in [0.25, 0.3) is 0 Å². The second kappa shape index (κ2) is 4.62. The van der Waals surface area contributed by atoms with Gasteiger partial charge in [-0.15, -0.1) is 0 Å². The third-order valence-corrected chi connectivity index (χ3v) is 4.55. The highest BCUT2D eigenvalue weighted by Gasteiger charge is 2.39. The van der Waals surface area contributed by atoms with Crippen LogP contribution in [0.5, 0.6) is 5.88 Å². The molecule has 0 spiro atoms. The van der Waals surface area contributed by atoms with E-state index in [4.69, 9.17) is 4.74 Å². The van der Waals surface area contributed by atoms with Crippen molar-refractivity contribution >= 4 is 23.0 Å². The number of methoxy groups -OCH3 is 1. The van der Waals surface area contributed by atoms with Crippen molar-refractivity contribution in [2.75, 3.05) is 23.1 Å². The number of fused-ring (bicyclic) bond motifs is 2. The molecule has 3 N–H and O–H groups in total. The average Bonchev–Trinajstić information content (AvgIpc) is 3.05. The van der Waals surface area contributed by atoms with Crippen LogP contribution in [0.1, 0.15) is 31.1 Å². The molecular weight excluding hydrogens is 292 g/mol. The number of pyridine rings is 1. The summed E-state index contributed by atoms with van der Waals surface area (Å²) in [4.78, 5) is 16.2. The number of aromatic nitrogens is 1. The number of rotatable bonds is 2. The summed E-state index contributed by atoms with van der Waals surface area (Å²) in [5.74, 6) is 0.615. The van der Waals surface area contributed by atoms with E-state index >= 15 is 0 Å². The molecule has 0 aliphatic carbocycles. The van der Waals surface area contributed by atoms with Crippen LogP contribution in [-0.4, -0.2) is 18.0 Å². The zero-order valence-corrected chi connectivity index (χ0v) is 13.2. The number of hydrogen-bond acceptors (Lipinski definition) is 5. The van der Waals surface area contributed by atoms with Gasteiger partial charge in [0, 0.05) is 23.5 Å². The largest absolute Gasteiger partial charge is 0.481 e. The number of amides is 1. The predicted octanol–water partition coefficient (Wildman–Crippen LogP) is 2.86. The summed E-state index contributed by atoms with van der Waals surface area (Å²) in [6.45, 7) is 3.88. The van der Waals surface area contributed by atoms with Crippen LogP contribution in [-0.2, 0) is 10.2 Å². The Labute approximate surface area is 134 Å². The van der Waals surface area contributed by atoms with Gasteiger partial charge in [-0.25, -0.2) is 4.98 Å². The molecule has 118 valence electrons. The fourth-order valence-corrected chi connectivity index (χ4v) is 3.09. The number of benzene rings is 1. The number of carbonyl (C=O) groups is 1. The lowest BCUT2D eigenvalue weighted by Gasteiger charge is -2.15. The third-order valence-electron chi connectivity index (χ3n) is 4.55. The van der Waals surface area contributed by atoms with E-state index in [9.17, 15) is 4.79 Å². The Balaban J connectivity index is 1.68. The first-order valence-electron chi connectivity index (χ1n) is 7.52. The minimum Gasteiger partial charge on any atom is -0.481 e. The van der Waals surface area contributed by atoms with E-state index in [-0.39, 0.29) is 12.1 Å². The van der Waals surface area contributed by atoms with Gasteiger partial charge in [-0.3, -0.25) is 4.79 Å². The zero-order chi connectivity index (χ0) is 16.2. The van der Waals surface area contributed by atoms with E-state index in [1.165, 1.54) is 0 Å². The molecule has 0 saturated heterocycles. The summed E-state index contributed by atoms with van der Waals surface area (Å²) < 4.78 is 5.18. The Hall–Kier alpha value is -2.76. The van der Waals surface area contributed by atoms with Crippen molar-refractivity contribution in [2.45, 2.75) is 25.4 Å². The molecular formula is C17H18N4O2. The van der Waals surface area contributed by atoms with Gasteiger partial charge in [-0.2, -0.15) is 0 Å². The number of carbonyl (C=O) groups excluding carboxylic acids is 1. The lowest BCUT2D eigenvalue weighted by molar-refractivity contribution is -0.119. The first-order chi connectivity index (χ1) is 11.0. The molecule has 1 aromatic heterocycles. The van der Waals surface area contributed by atoms with Gasteiger partial charge in [-0.1, -0.05) is 0 Å². The number of hydrogen-bond donors (Lipinski definition) is 3. The molecule has 1 amide bonds. The first kappa shape index (κ1) is 13.9. The lowest BCUT2D eigenvalue weighted by atomic mass is 9.86. The molecule has 2 aliphatic rings. The topological polar surface area (TPSA) is 75.3 Å². The number of nitrogens with zero attached hydrogens (tertiary/aromatic N) is 1. The highest BCUT2D eigenvalue weighted by molar-refractivity contribution is 6.07.